The number of amides is 1. The molecule has 0 bridgehead atoms. The Balaban J connectivity index is 1.70. The number of carbonyl (C=O) groups excluding carboxylic acids is 1. The molecule has 0 fully saturated rings. The number of ether oxygens (including phenoxy) is 1. The first kappa shape index (κ1) is 16.5. The van der Waals surface area contributed by atoms with Gasteiger partial charge in [-0.3, -0.25) is 14.9 Å². The molecule has 23 heavy (non-hydrogen) atoms. The van der Waals surface area contributed by atoms with Crippen LogP contribution in [0.15, 0.2) is 54.6 Å². The van der Waals surface area contributed by atoms with E-state index in [0.29, 0.717) is 6.54 Å². The van der Waals surface area contributed by atoms with E-state index in [9.17, 15) is 14.9 Å². The molecule has 2 aromatic carbocycles. The van der Waals surface area contributed by atoms with E-state index in [1.165, 1.54) is 17.7 Å². The molecular formula is C17H18N2O4. The second-order valence-corrected chi connectivity index (χ2v) is 4.95. The average molecular weight is 314 g/mol. The molecule has 2 rings (SSSR count). The summed E-state index contributed by atoms with van der Waals surface area (Å²) in [5.41, 5.74) is 1.07. The molecule has 0 aromatic heterocycles. The molecule has 0 heterocycles. The monoisotopic (exact) mass is 314 g/mol. The molecule has 0 aliphatic carbocycles. The molecule has 1 amide bonds. The molecule has 0 aliphatic heterocycles. The van der Waals surface area contributed by atoms with Gasteiger partial charge in [0.15, 0.2) is 12.4 Å². The molecule has 0 spiro atoms. The summed E-state index contributed by atoms with van der Waals surface area (Å²) in [4.78, 5) is 22.0. The van der Waals surface area contributed by atoms with Crippen LogP contribution < -0.4 is 10.1 Å². The lowest BCUT2D eigenvalue weighted by Crippen LogP contribution is -2.30. The number of benzene rings is 2. The Labute approximate surface area is 134 Å². The Morgan fingerprint density at radius 2 is 1.78 bits per heavy atom. The van der Waals surface area contributed by atoms with E-state index in [1.807, 2.05) is 30.3 Å². The van der Waals surface area contributed by atoms with Crippen LogP contribution in [0.1, 0.15) is 12.0 Å². The largest absolute Gasteiger partial charge is 0.477 e. The second kappa shape index (κ2) is 8.53. The van der Waals surface area contributed by atoms with Crippen LogP contribution >= 0.6 is 0 Å². The molecule has 2 aromatic rings. The summed E-state index contributed by atoms with van der Waals surface area (Å²) in [5, 5.41) is 13.6. The van der Waals surface area contributed by atoms with E-state index in [1.54, 1.807) is 12.1 Å². The normalized spacial score (nSPS) is 10.1. The van der Waals surface area contributed by atoms with Gasteiger partial charge in [-0.1, -0.05) is 42.5 Å². The van der Waals surface area contributed by atoms with E-state index in [0.717, 1.165) is 12.8 Å². The van der Waals surface area contributed by atoms with E-state index < -0.39 is 4.92 Å². The summed E-state index contributed by atoms with van der Waals surface area (Å²) >= 11 is 0. The average Bonchev–Trinajstić information content (AvgIpc) is 2.58. The van der Waals surface area contributed by atoms with Crippen LogP contribution in [0.25, 0.3) is 0 Å². The molecule has 0 atom stereocenters. The van der Waals surface area contributed by atoms with Gasteiger partial charge in [-0.15, -0.1) is 0 Å². The third-order valence-corrected chi connectivity index (χ3v) is 3.23. The summed E-state index contributed by atoms with van der Waals surface area (Å²) < 4.78 is 5.22. The molecular weight excluding hydrogens is 296 g/mol. The Bertz CT molecular complexity index is 659. The zero-order chi connectivity index (χ0) is 16.5. The molecule has 0 unspecified atom stereocenters. The van der Waals surface area contributed by atoms with Gasteiger partial charge in [-0.2, -0.15) is 0 Å². The van der Waals surface area contributed by atoms with Crippen LogP contribution in [0.5, 0.6) is 5.75 Å². The highest BCUT2D eigenvalue weighted by molar-refractivity contribution is 5.77. The van der Waals surface area contributed by atoms with Gasteiger partial charge in [-0.25, -0.2) is 0 Å². The molecule has 6 heteroatoms. The maximum atomic E-state index is 11.7. The van der Waals surface area contributed by atoms with E-state index in [2.05, 4.69) is 5.32 Å². The van der Waals surface area contributed by atoms with Crippen molar-refractivity contribution < 1.29 is 14.5 Å². The number of nitro benzene ring substituents is 1. The van der Waals surface area contributed by atoms with Crippen LogP contribution in [-0.2, 0) is 11.2 Å². The van der Waals surface area contributed by atoms with Crippen LogP contribution in [0.3, 0.4) is 0 Å². The molecule has 1 N–H and O–H groups in total. The van der Waals surface area contributed by atoms with Crippen LogP contribution in [-0.4, -0.2) is 24.0 Å². The first-order valence-corrected chi connectivity index (χ1v) is 7.33. The SMILES string of the molecule is O=C(COc1ccccc1[N+](=O)[O-])NCCCc1ccccc1. The smallest absolute Gasteiger partial charge is 0.310 e. The van der Waals surface area contributed by atoms with Gasteiger partial charge < -0.3 is 10.1 Å². The summed E-state index contributed by atoms with van der Waals surface area (Å²) in [6, 6.07) is 16.0. The van der Waals surface area contributed by atoms with Crippen LogP contribution in [0.4, 0.5) is 5.69 Å². The highest BCUT2D eigenvalue weighted by Crippen LogP contribution is 2.25. The van der Waals surface area contributed by atoms with Crippen molar-refractivity contribution in [2.24, 2.45) is 0 Å². The van der Waals surface area contributed by atoms with E-state index in [4.69, 9.17) is 4.74 Å². The van der Waals surface area contributed by atoms with Crippen molar-refractivity contribution in [3.05, 3.63) is 70.3 Å². The number of aryl methyl sites for hydroxylation is 1. The van der Waals surface area contributed by atoms with Crippen molar-refractivity contribution in [1.82, 2.24) is 5.32 Å². The molecule has 0 radical (unpaired) electrons. The number of para-hydroxylation sites is 2. The van der Waals surface area contributed by atoms with Crippen molar-refractivity contribution in [2.45, 2.75) is 12.8 Å². The van der Waals surface area contributed by atoms with Crippen LogP contribution in [0.2, 0.25) is 0 Å². The minimum Gasteiger partial charge on any atom is -0.477 e. The summed E-state index contributed by atoms with van der Waals surface area (Å²) in [5.74, 6) is -0.201. The molecule has 120 valence electrons. The Kier molecular flexibility index (Phi) is 6.11. The Morgan fingerprint density at radius 3 is 2.52 bits per heavy atom. The van der Waals surface area contributed by atoms with Crippen molar-refractivity contribution >= 4 is 11.6 Å². The van der Waals surface area contributed by atoms with Crippen molar-refractivity contribution in [3.63, 3.8) is 0 Å². The van der Waals surface area contributed by atoms with Crippen molar-refractivity contribution in [3.8, 4) is 5.75 Å². The maximum Gasteiger partial charge on any atom is 0.310 e. The van der Waals surface area contributed by atoms with Gasteiger partial charge in [0, 0.05) is 12.6 Å². The number of nitrogens with one attached hydrogen (secondary N) is 1. The molecule has 0 saturated carbocycles. The topological polar surface area (TPSA) is 81.5 Å². The fraction of sp³-hybridized carbons (Fsp3) is 0.235. The highest BCUT2D eigenvalue weighted by atomic mass is 16.6. The lowest BCUT2D eigenvalue weighted by atomic mass is 10.1. The van der Waals surface area contributed by atoms with Gasteiger partial charge in [0.25, 0.3) is 5.91 Å². The van der Waals surface area contributed by atoms with Gasteiger partial charge in [0.2, 0.25) is 0 Å². The van der Waals surface area contributed by atoms with Gasteiger partial charge in [-0.05, 0) is 24.5 Å². The number of nitrogens with zero attached hydrogens (tertiary/aromatic N) is 1. The Hall–Kier alpha value is -2.89. The number of hydrogen-bond acceptors (Lipinski definition) is 4. The number of nitro groups is 1. The molecule has 0 saturated heterocycles. The fourth-order valence-corrected chi connectivity index (χ4v) is 2.09. The number of rotatable bonds is 8. The zero-order valence-corrected chi connectivity index (χ0v) is 12.6. The maximum absolute atomic E-state index is 11.7. The third kappa shape index (κ3) is 5.43. The fourth-order valence-electron chi connectivity index (χ4n) is 2.09. The first-order chi connectivity index (χ1) is 11.2. The lowest BCUT2D eigenvalue weighted by Gasteiger charge is -2.08. The third-order valence-electron chi connectivity index (χ3n) is 3.23. The summed E-state index contributed by atoms with van der Waals surface area (Å²) in [6.07, 6.45) is 1.70. The lowest BCUT2D eigenvalue weighted by molar-refractivity contribution is -0.385. The van der Waals surface area contributed by atoms with E-state index in [-0.39, 0.29) is 24.0 Å². The molecule has 6 nitrogen and oxygen atoms in total. The van der Waals surface area contributed by atoms with Gasteiger partial charge in [0.1, 0.15) is 0 Å². The van der Waals surface area contributed by atoms with E-state index >= 15 is 0 Å². The van der Waals surface area contributed by atoms with Crippen molar-refractivity contribution in [1.29, 1.82) is 0 Å². The minimum atomic E-state index is -0.535. The zero-order valence-electron chi connectivity index (χ0n) is 12.6. The summed E-state index contributed by atoms with van der Waals surface area (Å²) in [7, 11) is 0. The summed E-state index contributed by atoms with van der Waals surface area (Å²) in [6.45, 7) is 0.296. The minimum absolute atomic E-state index is 0.0944. The van der Waals surface area contributed by atoms with Gasteiger partial charge >= 0.3 is 5.69 Å². The number of hydrogen-bond donors (Lipinski definition) is 1. The standard InChI is InChI=1S/C17H18N2O4/c20-17(18-12-6-9-14-7-2-1-3-8-14)13-23-16-11-5-4-10-15(16)19(21)22/h1-5,7-8,10-11H,6,9,12-13H2,(H,18,20). The predicted octanol–water partition coefficient (Wildman–Crippen LogP) is 2.72. The second-order valence-electron chi connectivity index (χ2n) is 4.95. The predicted molar refractivity (Wildman–Crippen MR) is 86.4 cm³/mol. The number of carbonyl (C=O) groups is 1. The van der Waals surface area contributed by atoms with Crippen molar-refractivity contribution in [2.75, 3.05) is 13.2 Å². The Morgan fingerprint density at radius 1 is 1.09 bits per heavy atom. The first-order valence-electron chi connectivity index (χ1n) is 7.33. The highest BCUT2D eigenvalue weighted by Gasteiger charge is 2.14. The molecule has 0 aliphatic rings. The van der Waals surface area contributed by atoms with Crippen LogP contribution in [0, 0.1) is 10.1 Å². The van der Waals surface area contributed by atoms with Gasteiger partial charge in [0.05, 0.1) is 4.92 Å². The quantitative estimate of drug-likeness (QED) is 0.461.